The number of amides is 2. The first-order chi connectivity index (χ1) is 18.8. The van der Waals surface area contributed by atoms with Crippen molar-refractivity contribution in [3.05, 3.63) is 81.7 Å². The third-order valence-electron chi connectivity index (χ3n) is 6.94. The van der Waals surface area contributed by atoms with Crippen LogP contribution in [0, 0.1) is 6.92 Å². The molecule has 0 spiro atoms. The minimum absolute atomic E-state index is 0.0308. The van der Waals surface area contributed by atoms with Crippen molar-refractivity contribution in [2.45, 2.75) is 51.0 Å². The monoisotopic (exact) mass is 535 g/mol. The summed E-state index contributed by atoms with van der Waals surface area (Å²) in [5.74, 6) is -1.60. The van der Waals surface area contributed by atoms with Gasteiger partial charge in [0.25, 0.3) is 0 Å². The minimum atomic E-state index is -0.847. The topological polar surface area (TPSA) is 142 Å². The van der Waals surface area contributed by atoms with E-state index in [4.69, 9.17) is 9.15 Å². The van der Waals surface area contributed by atoms with Crippen LogP contribution in [0.2, 0.25) is 0 Å². The molecular weight excluding hydrogens is 502 g/mol. The maximum absolute atomic E-state index is 13.1. The predicted molar refractivity (Wildman–Crippen MR) is 143 cm³/mol. The fourth-order valence-corrected chi connectivity index (χ4v) is 4.99. The van der Waals surface area contributed by atoms with E-state index in [9.17, 15) is 24.6 Å². The normalized spacial score (nSPS) is 15.9. The smallest absolute Gasteiger partial charge is 0.227 e. The van der Waals surface area contributed by atoms with Crippen LogP contribution >= 0.6 is 0 Å². The Morgan fingerprint density at radius 1 is 1.23 bits per heavy atom. The van der Waals surface area contributed by atoms with Crippen molar-refractivity contribution in [3.8, 4) is 17.2 Å². The molecule has 206 valence electrons. The van der Waals surface area contributed by atoms with Crippen LogP contribution in [0.15, 0.2) is 58.0 Å². The second-order valence-corrected chi connectivity index (χ2v) is 9.61. The number of nitrogens with zero attached hydrogens (tertiary/aromatic N) is 2. The maximum Gasteiger partial charge on any atom is 0.227 e. The molecule has 1 aliphatic heterocycles. The highest BCUT2D eigenvalue weighted by Crippen LogP contribution is 2.37. The van der Waals surface area contributed by atoms with Gasteiger partial charge in [0, 0.05) is 44.4 Å². The summed E-state index contributed by atoms with van der Waals surface area (Å²) >= 11 is 0. The first kappa shape index (κ1) is 27.7. The SMILES string of the molecule is COc1cc([C@@H](CC(=O)NCCC(=O)N2CCCC[C@@H]2c2cccnc2)c2oc(C)cc(=O)c2O)ccc1O. The molecule has 3 heterocycles. The summed E-state index contributed by atoms with van der Waals surface area (Å²) in [5, 5.41) is 23.3. The number of hydrogen-bond acceptors (Lipinski definition) is 8. The van der Waals surface area contributed by atoms with Crippen molar-refractivity contribution in [2.75, 3.05) is 20.2 Å². The van der Waals surface area contributed by atoms with Crippen LogP contribution < -0.4 is 15.5 Å². The minimum Gasteiger partial charge on any atom is -0.504 e. The molecule has 0 radical (unpaired) electrons. The van der Waals surface area contributed by atoms with Crippen molar-refractivity contribution in [1.82, 2.24) is 15.2 Å². The van der Waals surface area contributed by atoms with E-state index in [0.29, 0.717) is 12.1 Å². The second-order valence-electron chi connectivity index (χ2n) is 9.61. The number of aromatic hydroxyl groups is 2. The van der Waals surface area contributed by atoms with Crippen LogP contribution in [-0.2, 0) is 9.59 Å². The van der Waals surface area contributed by atoms with Gasteiger partial charge in [-0.3, -0.25) is 19.4 Å². The van der Waals surface area contributed by atoms with Crippen molar-refractivity contribution in [1.29, 1.82) is 0 Å². The molecule has 0 unspecified atom stereocenters. The summed E-state index contributed by atoms with van der Waals surface area (Å²) in [4.78, 5) is 44.4. The molecular formula is C29H33N3O7. The molecule has 2 amide bonds. The molecule has 10 heteroatoms. The number of hydrogen-bond donors (Lipinski definition) is 3. The van der Waals surface area contributed by atoms with Gasteiger partial charge in [-0.1, -0.05) is 12.1 Å². The lowest BCUT2D eigenvalue weighted by molar-refractivity contribution is -0.135. The highest BCUT2D eigenvalue weighted by atomic mass is 16.5. The first-order valence-corrected chi connectivity index (χ1v) is 12.9. The molecule has 1 aromatic carbocycles. The molecule has 39 heavy (non-hydrogen) atoms. The van der Waals surface area contributed by atoms with Crippen LogP contribution in [0.4, 0.5) is 0 Å². The zero-order chi connectivity index (χ0) is 27.9. The van der Waals surface area contributed by atoms with Gasteiger partial charge < -0.3 is 29.6 Å². The van der Waals surface area contributed by atoms with E-state index in [0.717, 1.165) is 24.8 Å². The van der Waals surface area contributed by atoms with Crippen LogP contribution in [-0.4, -0.2) is 52.1 Å². The Morgan fingerprint density at radius 3 is 2.79 bits per heavy atom. The van der Waals surface area contributed by atoms with Gasteiger partial charge in [-0.25, -0.2) is 0 Å². The van der Waals surface area contributed by atoms with Crippen LogP contribution in [0.1, 0.15) is 66.7 Å². The number of carbonyl (C=O) groups excluding carboxylic acids is 2. The molecule has 1 aliphatic rings. The number of aromatic nitrogens is 1. The Hall–Kier alpha value is -4.34. The van der Waals surface area contributed by atoms with Gasteiger partial charge in [0.1, 0.15) is 5.76 Å². The van der Waals surface area contributed by atoms with E-state index >= 15 is 0 Å². The van der Waals surface area contributed by atoms with Gasteiger partial charge in [0.05, 0.1) is 19.1 Å². The molecule has 0 bridgehead atoms. The molecule has 0 aliphatic carbocycles. The van der Waals surface area contributed by atoms with E-state index in [1.165, 1.54) is 25.3 Å². The Balaban J connectivity index is 1.46. The van der Waals surface area contributed by atoms with Gasteiger partial charge in [0.15, 0.2) is 17.3 Å². The molecule has 2 aromatic heterocycles. The highest BCUT2D eigenvalue weighted by molar-refractivity contribution is 5.80. The summed E-state index contributed by atoms with van der Waals surface area (Å²) in [6.45, 7) is 2.36. The number of carbonyl (C=O) groups is 2. The number of phenolic OH excluding ortho intramolecular Hbond substituents is 1. The van der Waals surface area contributed by atoms with Crippen molar-refractivity contribution >= 4 is 11.8 Å². The average molecular weight is 536 g/mol. The summed E-state index contributed by atoms with van der Waals surface area (Å²) in [6, 6.07) is 9.46. The zero-order valence-corrected chi connectivity index (χ0v) is 22.1. The first-order valence-electron chi connectivity index (χ1n) is 12.9. The summed E-state index contributed by atoms with van der Waals surface area (Å²) < 4.78 is 10.9. The molecule has 3 aromatic rings. The van der Waals surface area contributed by atoms with E-state index < -0.39 is 23.0 Å². The van der Waals surface area contributed by atoms with E-state index in [1.807, 2.05) is 17.0 Å². The summed E-state index contributed by atoms with van der Waals surface area (Å²) in [7, 11) is 1.39. The van der Waals surface area contributed by atoms with Gasteiger partial charge in [-0.05, 0) is 55.5 Å². The number of piperidine rings is 1. The highest BCUT2D eigenvalue weighted by Gasteiger charge is 2.29. The van der Waals surface area contributed by atoms with Gasteiger partial charge >= 0.3 is 0 Å². The lowest BCUT2D eigenvalue weighted by atomic mass is 9.91. The fourth-order valence-electron chi connectivity index (χ4n) is 4.99. The van der Waals surface area contributed by atoms with Gasteiger partial charge in [-0.2, -0.15) is 0 Å². The lowest BCUT2D eigenvalue weighted by Gasteiger charge is -2.36. The number of phenols is 1. The van der Waals surface area contributed by atoms with Crippen molar-refractivity contribution in [3.63, 3.8) is 0 Å². The van der Waals surface area contributed by atoms with Gasteiger partial charge in [0.2, 0.25) is 23.0 Å². The number of aryl methyl sites for hydroxylation is 1. The standard InChI is InChI=1S/C29H33N3O7/c1-18-14-24(34)28(37)29(39-18)21(19-8-9-23(33)25(15-19)38-2)16-26(35)31-12-10-27(36)32-13-4-3-7-22(32)20-6-5-11-30-17-20/h5-6,8-9,11,14-15,17,21-22,33,37H,3-4,7,10,12-13,16H2,1-2H3,(H,31,35)/t21-,22-/m1/s1. The van der Waals surface area contributed by atoms with Crippen LogP contribution in [0.3, 0.4) is 0 Å². The number of benzene rings is 1. The molecule has 4 rings (SSSR count). The maximum atomic E-state index is 13.1. The third-order valence-corrected chi connectivity index (χ3v) is 6.94. The number of pyridine rings is 1. The molecule has 1 fully saturated rings. The van der Waals surface area contributed by atoms with Crippen molar-refractivity contribution in [2.24, 2.45) is 0 Å². The van der Waals surface area contributed by atoms with Crippen molar-refractivity contribution < 1.29 is 29.0 Å². The Labute approximate surface area is 226 Å². The number of likely N-dealkylation sites (tertiary alicyclic amines) is 1. The summed E-state index contributed by atoms with van der Waals surface area (Å²) in [6.07, 6.45) is 6.28. The van der Waals surface area contributed by atoms with E-state index in [2.05, 4.69) is 10.3 Å². The number of methoxy groups -OCH3 is 1. The Kier molecular flexibility index (Phi) is 8.85. The molecule has 0 saturated carbocycles. The van der Waals surface area contributed by atoms with E-state index in [1.54, 1.807) is 25.4 Å². The fraction of sp³-hybridized carbons (Fsp3) is 0.379. The van der Waals surface area contributed by atoms with Crippen LogP contribution in [0.25, 0.3) is 0 Å². The quantitative estimate of drug-likeness (QED) is 0.378. The Morgan fingerprint density at radius 2 is 2.05 bits per heavy atom. The zero-order valence-electron chi connectivity index (χ0n) is 22.1. The number of rotatable bonds is 9. The second kappa shape index (κ2) is 12.5. The number of ether oxygens (including phenoxy) is 1. The largest absolute Gasteiger partial charge is 0.504 e. The average Bonchev–Trinajstić information content (AvgIpc) is 2.94. The molecule has 3 N–H and O–H groups in total. The lowest BCUT2D eigenvalue weighted by Crippen LogP contribution is -2.40. The predicted octanol–water partition coefficient (Wildman–Crippen LogP) is 3.55. The summed E-state index contributed by atoms with van der Waals surface area (Å²) in [5.41, 5.74) is 0.869. The van der Waals surface area contributed by atoms with Crippen LogP contribution in [0.5, 0.6) is 17.2 Å². The number of nitrogens with one attached hydrogen (secondary N) is 1. The van der Waals surface area contributed by atoms with Gasteiger partial charge in [-0.15, -0.1) is 0 Å². The molecule has 2 atom stereocenters. The molecule has 10 nitrogen and oxygen atoms in total. The van der Waals surface area contributed by atoms with E-state index in [-0.39, 0.29) is 54.4 Å². The third kappa shape index (κ3) is 6.57. The molecule has 1 saturated heterocycles. The Bertz CT molecular complexity index is 1370.